The zero-order valence-electron chi connectivity index (χ0n) is 24.2. The lowest BCUT2D eigenvalue weighted by atomic mass is 9.96. The molecule has 12 heteroatoms. The van der Waals surface area contributed by atoms with Gasteiger partial charge in [-0.25, -0.2) is 9.78 Å². The van der Waals surface area contributed by atoms with Crippen LogP contribution in [0.4, 0.5) is 0 Å². The number of pyridine rings is 1. The van der Waals surface area contributed by atoms with Crippen LogP contribution in [0.1, 0.15) is 92.1 Å². The maximum Gasteiger partial charge on any atom is 0.336 e. The lowest BCUT2D eigenvalue weighted by Gasteiger charge is -2.18. The fourth-order valence-corrected chi connectivity index (χ4v) is 5.43. The molecule has 0 unspecified atom stereocenters. The molecule has 2 rings (SSSR count). The number of thiophene rings is 1. The minimum Gasteiger partial charge on any atom is -0.481 e. The Bertz CT molecular complexity index is 1100. The first-order chi connectivity index (χ1) is 19.3. The van der Waals surface area contributed by atoms with Crippen molar-refractivity contribution in [3.05, 3.63) is 45.8 Å². The molecule has 0 saturated carbocycles. The quantitative estimate of drug-likeness (QED) is 0.0990. The Morgan fingerprint density at radius 1 is 0.927 bits per heavy atom. The number of hydrogen-bond acceptors (Lipinski definition) is 9. The summed E-state index contributed by atoms with van der Waals surface area (Å²) >= 11 is 3.24. The lowest BCUT2D eigenvalue weighted by molar-refractivity contribution is -0.170. The number of carboxylic acids is 3. The van der Waals surface area contributed by atoms with E-state index in [1.165, 1.54) is 56.4 Å². The highest BCUT2D eigenvalue weighted by Crippen LogP contribution is 2.28. The molecule has 0 bridgehead atoms. The second-order valence-electron chi connectivity index (χ2n) is 10.3. The van der Waals surface area contributed by atoms with Crippen molar-refractivity contribution in [1.82, 2.24) is 9.88 Å². The van der Waals surface area contributed by atoms with Gasteiger partial charge in [-0.3, -0.25) is 14.4 Å². The fourth-order valence-electron chi connectivity index (χ4n) is 3.72. The number of rotatable bonds is 18. The van der Waals surface area contributed by atoms with Crippen molar-refractivity contribution in [3.8, 4) is 0 Å². The average Bonchev–Trinajstić information content (AvgIpc) is 3.41. The predicted octanol–water partition coefficient (Wildman–Crippen LogP) is 5.24. The second-order valence-corrected chi connectivity index (χ2v) is 12.3. The Hall–Kier alpha value is -2.80. The number of carboxylic acid groups (broad SMARTS) is 3. The number of hydrogen-bond donors (Lipinski definition) is 4. The SMILES string of the molecule is CC(C)c1ccc(C(=O)c2cccs2)c(SCCCCCCCCN(C)C)n1.O=C(O)CC(O)(CC(=O)O)C(=O)O. The number of unbranched alkanes of at least 4 members (excludes halogenated alkanes) is 5. The molecule has 0 radical (unpaired) electrons. The number of aliphatic carboxylic acids is 3. The van der Waals surface area contributed by atoms with E-state index in [2.05, 4.69) is 32.8 Å². The molecule has 0 fully saturated rings. The Kier molecular flexibility index (Phi) is 16.4. The van der Waals surface area contributed by atoms with Gasteiger partial charge in [-0.1, -0.05) is 45.6 Å². The molecule has 10 nitrogen and oxygen atoms in total. The zero-order valence-corrected chi connectivity index (χ0v) is 25.8. The van der Waals surface area contributed by atoms with Gasteiger partial charge in [0.25, 0.3) is 0 Å². The summed E-state index contributed by atoms with van der Waals surface area (Å²) in [5.74, 6) is -3.53. The summed E-state index contributed by atoms with van der Waals surface area (Å²) in [7, 11) is 4.27. The maximum atomic E-state index is 12.8. The lowest BCUT2D eigenvalue weighted by Crippen LogP contribution is -2.42. The molecule has 4 N–H and O–H groups in total. The number of aliphatic hydroxyl groups is 1. The van der Waals surface area contributed by atoms with Crippen molar-refractivity contribution in [2.45, 2.75) is 81.8 Å². The van der Waals surface area contributed by atoms with Crippen molar-refractivity contribution in [1.29, 1.82) is 0 Å². The minimum absolute atomic E-state index is 0.0983. The largest absolute Gasteiger partial charge is 0.481 e. The highest BCUT2D eigenvalue weighted by Gasteiger charge is 2.40. The number of thioether (sulfide) groups is 1. The molecule has 0 aliphatic heterocycles. The van der Waals surface area contributed by atoms with Crippen molar-refractivity contribution in [2.75, 3.05) is 26.4 Å². The van der Waals surface area contributed by atoms with Crippen molar-refractivity contribution in [3.63, 3.8) is 0 Å². The molecule has 2 heterocycles. The molecule has 2 aromatic rings. The molecule has 0 amide bonds. The molecule has 41 heavy (non-hydrogen) atoms. The van der Waals surface area contributed by atoms with Crippen LogP contribution in [0.2, 0.25) is 0 Å². The van der Waals surface area contributed by atoms with Crippen molar-refractivity contribution in [2.24, 2.45) is 0 Å². The van der Waals surface area contributed by atoms with Gasteiger partial charge >= 0.3 is 17.9 Å². The van der Waals surface area contributed by atoms with Crippen LogP contribution in [0.25, 0.3) is 0 Å². The third kappa shape index (κ3) is 14.1. The average molecular weight is 611 g/mol. The number of nitrogens with zero attached hydrogens (tertiary/aromatic N) is 2. The minimum atomic E-state index is -2.74. The van der Waals surface area contributed by atoms with Gasteiger partial charge in [0, 0.05) is 5.69 Å². The normalized spacial score (nSPS) is 11.3. The van der Waals surface area contributed by atoms with Gasteiger partial charge in [0.1, 0.15) is 5.03 Å². The van der Waals surface area contributed by atoms with Gasteiger partial charge in [0.15, 0.2) is 5.60 Å². The number of carbonyl (C=O) groups is 4. The van der Waals surface area contributed by atoms with Gasteiger partial charge in [-0.05, 0) is 68.7 Å². The Labute approximate surface area is 249 Å². The molecular formula is C29H42N2O8S2. The van der Waals surface area contributed by atoms with E-state index in [0.717, 1.165) is 26.9 Å². The topological polar surface area (TPSA) is 165 Å². The van der Waals surface area contributed by atoms with Crippen LogP contribution in [0.5, 0.6) is 0 Å². The van der Waals surface area contributed by atoms with Crippen LogP contribution < -0.4 is 0 Å². The fraction of sp³-hybridized carbons (Fsp3) is 0.552. The van der Waals surface area contributed by atoms with Gasteiger partial charge in [0.2, 0.25) is 5.78 Å². The van der Waals surface area contributed by atoms with Gasteiger partial charge in [-0.15, -0.1) is 23.1 Å². The molecule has 0 aliphatic rings. The molecular weight excluding hydrogens is 568 g/mol. The van der Waals surface area contributed by atoms with E-state index in [0.29, 0.717) is 5.92 Å². The summed E-state index contributed by atoms with van der Waals surface area (Å²) in [6.45, 7) is 5.48. The van der Waals surface area contributed by atoms with Crippen molar-refractivity contribution < 1.29 is 39.6 Å². The highest BCUT2D eigenvalue weighted by atomic mass is 32.2. The monoisotopic (exact) mass is 610 g/mol. The highest BCUT2D eigenvalue weighted by molar-refractivity contribution is 7.99. The van der Waals surface area contributed by atoms with E-state index in [-0.39, 0.29) is 5.78 Å². The smallest absolute Gasteiger partial charge is 0.336 e. The molecule has 0 aliphatic carbocycles. The maximum absolute atomic E-state index is 12.8. The summed E-state index contributed by atoms with van der Waals surface area (Å²) in [6, 6.07) is 7.80. The first-order valence-electron chi connectivity index (χ1n) is 13.5. The third-order valence-corrected chi connectivity index (χ3v) is 7.93. The summed E-state index contributed by atoms with van der Waals surface area (Å²) in [5, 5.41) is 36.7. The van der Waals surface area contributed by atoms with E-state index in [4.69, 9.17) is 25.4 Å². The molecule has 228 valence electrons. The van der Waals surface area contributed by atoms with E-state index in [9.17, 15) is 19.2 Å². The standard InChI is InChI=1S/C23H34N2OS2.C6H8O7/c1-18(2)20-14-13-19(22(26)21-12-11-17-27-21)23(24-20)28-16-10-8-6-5-7-9-15-25(3)4;7-3(8)1-6(13,5(11)12)2-4(9)10/h11-14,17-18H,5-10,15-16H2,1-4H3;13H,1-2H2,(H,7,8)(H,9,10)(H,11,12). The number of carbonyl (C=O) groups excluding carboxylic acids is 1. The summed E-state index contributed by atoms with van der Waals surface area (Å²) in [5.41, 5.74) is -0.927. The summed E-state index contributed by atoms with van der Waals surface area (Å²) in [4.78, 5) is 51.2. The van der Waals surface area contributed by atoms with Crippen LogP contribution in [0.3, 0.4) is 0 Å². The molecule has 0 saturated heterocycles. The van der Waals surface area contributed by atoms with Crippen LogP contribution >= 0.6 is 23.1 Å². The number of ketones is 1. The first kappa shape index (κ1) is 36.2. The first-order valence-corrected chi connectivity index (χ1v) is 15.4. The molecule has 2 aromatic heterocycles. The second kappa shape index (κ2) is 18.6. The molecule has 0 atom stereocenters. The Morgan fingerprint density at radius 3 is 2.00 bits per heavy atom. The van der Waals surface area contributed by atoms with Crippen LogP contribution in [-0.4, -0.2) is 86.0 Å². The van der Waals surface area contributed by atoms with Crippen LogP contribution in [-0.2, 0) is 14.4 Å². The van der Waals surface area contributed by atoms with Gasteiger partial charge < -0.3 is 25.3 Å². The molecule has 0 spiro atoms. The van der Waals surface area contributed by atoms with Crippen molar-refractivity contribution >= 4 is 46.8 Å². The Morgan fingerprint density at radius 2 is 1.51 bits per heavy atom. The predicted molar refractivity (Wildman–Crippen MR) is 160 cm³/mol. The van der Waals surface area contributed by atoms with E-state index < -0.39 is 36.4 Å². The summed E-state index contributed by atoms with van der Waals surface area (Å²) in [6.07, 6.45) is 5.38. The Balaban J connectivity index is 0.000000545. The molecule has 0 aromatic carbocycles. The van der Waals surface area contributed by atoms with Gasteiger partial charge in [-0.2, -0.15) is 0 Å². The number of aromatic nitrogens is 1. The van der Waals surface area contributed by atoms with E-state index in [1.54, 1.807) is 11.8 Å². The van der Waals surface area contributed by atoms with Crippen LogP contribution in [0.15, 0.2) is 34.7 Å². The van der Waals surface area contributed by atoms with Gasteiger partial charge in [0.05, 0.1) is 23.3 Å². The zero-order chi connectivity index (χ0) is 31.0. The third-order valence-electron chi connectivity index (χ3n) is 5.99. The summed E-state index contributed by atoms with van der Waals surface area (Å²) < 4.78 is 0. The van der Waals surface area contributed by atoms with E-state index >= 15 is 0 Å². The van der Waals surface area contributed by atoms with Crippen LogP contribution in [0, 0.1) is 0 Å². The van der Waals surface area contributed by atoms with E-state index in [1.807, 2.05) is 29.6 Å².